The van der Waals surface area contributed by atoms with E-state index in [9.17, 15) is 14.4 Å². The summed E-state index contributed by atoms with van der Waals surface area (Å²) in [5, 5.41) is 21.9. The molecule has 8 heteroatoms. The number of carboxylic acid groups (broad SMARTS) is 1. The molecule has 7 nitrogen and oxygen atoms in total. The minimum absolute atomic E-state index is 0.0142. The Kier molecular flexibility index (Phi) is 8.25. The molecule has 38 heavy (non-hydrogen) atoms. The quantitative estimate of drug-likeness (QED) is 0.275. The van der Waals surface area contributed by atoms with E-state index >= 15 is 0 Å². The van der Waals surface area contributed by atoms with Gasteiger partial charge in [0.05, 0.1) is 23.7 Å². The lowest BCUT2D eigenvalue weighted by Crippen LogP contribution is -2.26. The number of hydrogen-bond donors (Lipinski definition) is 2. The second-order valence-electron chi connectivity index (χ2n) is 9.17. The molecule has 0 aliphatic heterocycles. The molecule has 0 aliphatic rings. The van der Waals surface area contributed by atoms with E-state index in [1.54, 1.807) is 30.3 Å². The number of ketones is 1. The highest BCUT2D eigenvalue weighted by Crippen LogP contribution is 2.27. The van der Waals surface area contributed by atoms with Crippen LogP contribution in [0, 0.1) is 17.2 Å². The van der Waals surface area contributed by atoms with Crippen molar-refractivity contribution >= 4 is 40.2 Å². The highest BCUT2D eigenvalue weighted by molar-refractivity contribution is 6.31. The first kappa shape index (κ1) is 26.6. The summed E-state index contributed by atoms with van der Waals surface area (Å²) < 4.78 is 1.88. The van der Waals surface area contributed by atoms with Crippen LogP contribution in [0.25, 0.3) is 10.9 Å². The third-order valence-corrected chi connectivity index (χ3v) is 6.75. The van der Waals surface area contributed by atoms with Crippen molar-refractivity contribution in [1.29, 1.82) is 5.26 Å². The van der Waals surface area contributed by atoms with Crippen molar-refractivity contribution in [3.05, 3.63) is 106 Å². The Hall–Kier alpha value is -4.41. The van der Waals surface area contributed by atoms with Crippen LogP contribution in [0.5, 0.6) is 0 Å². The Balaban J connectivity index is 1.59. The van der Waals surface area contributed by atoms with Crippen LogP contribution in [0.2, 0.25) is 5.02 Å². The first-order chi connectivity index (χ1) is 18.2. The van der Waals surface area contributed by atoms with E-state index in [2.05, 4.69) is 11.4 Å². The number of rotatable bonds is 10. The van der Waals surface area contributed by atoms with Gasteiger partial charge in [0.25, 0.3) is 5.91 Å². The molecular formula is C30H26ClN3O4. The largest absolute Gasteiger partial charge is 0.481 e. The number of nitriles is 1. The zero-order valence-electron chi connectivity index (χ0n) is 20.8. The van der Waals surface area contributed by atoms with Gasteiger partial charge < -0.3 is 15.0 Å². The van der Waals surface area contributed by atoms with Crippen molar-refractivity contribution in [2.45, 2.75) is 19.3 Å². The maximum absolute atomic E-state index is 13.9. The Labute approximate surface area is 225 Å². The number of carbonyl (C=O) groups is 3. The molecule has 0 bridgehead atoms. The normalized spacial score (nSPS) is 11.6. The number of Topliss-reactive ketones (excluding diaryl/α,β-unsaturated/α-hetero) is 1. The van der Waals surface area contributed by atoms with Gasteiger partial charge in [-0.2, -0.15) is 5.26 Å². The number of carbonyl (C=O) groups excluding carboxylic acids is 2. The average Bonchev–Trinajstić information content (AvgIpc) is 3.23. The minimum atomic E-state index is -0.979. The zero-order valence-corrected chi connectivity index (χ0v) is 21.5. The lowest BCUT2D eigenvalue weighted by atomic mass is 9.87. The minimum Gasteiger partial charge on any atom is -0.481 e. The van der Waals surface area contributed by atoms with Gasteiger partial charge in [0, 0.05) is 41.0 Å². The maximum atomic E-state index is 13.9. The van der Waals surface area contributed by atoms with Crippen LogP contribution in [0.3, 0.4) is 0 Å². The fraction of sp³-hybridized carbons (Fsp3) is 0.200. The SMILES string of the molecule is Cn1c(C(=O)C(Cc2ccc(C#N)cc2)Cc2ccc(C(=O)NCCC(=O)O)cc2)cc2cc(Cl)ccc21. The van der Waals surface area contributed by atoms with Gasteiger partial charge in [0.15, 0.2) is 5.78 Å². The monoisotopic (exact) mass is 527 g/mol. The van der Waals surface area contributed by atoms with Crippen LogP contribution in [0.4, 0.5) is 0 Å². The van der Waals surface area contributed by atoms with E-state index in [4.69, 9.17) is 22.0 Å². The Morgan fingerprint density at radius 1 is 0.974 bits per heavy atom. The van der Waals surface area contributed by atoms with Gasteiger partial charge >= 0.3 is 5.97 Å². The standard InChI is InChI=1S/C30H26ClN3O4/c1-34-26-11-10-25(31)16-23(26)17-27(34)29(37)24(14-19-2-4-21(18-32)5-3-19)15-20-6-8-22(9-7-20)30(38)33-13-12-28(35)36/h2-11,16-17,24H,12-15H2,1H3,(H,33,38)(H,35,36). The van der Waals surface area contributed by atoms with Crippen LogP contribution in [-0.4, -0.2) is 33.9 Å². The number of nitrogens with zero attached hydrogens (tertiary/aromatic N) is 2. The molecule has 0 aliphatic carbocycles. The Bertz CT molecular complexity index is 1530. The Morgan fingerprint density at radius 3 is 2.21 bits per heavy atom. The summed E-state index contributed by atoms with van der Waals surface area (Å²) in [4.78, 5) is 36.9. The lowest BCUT2D eigenvalue weighted by molar-refractivity contribution is -0.136. The molecule has 4 rings (SSSR count). The van der Waals surface area contributed by atoms with E-state index in [1.165, 1.54) is 0 Å². The van der Waals surface area contributed by atoms with E-state index in [-0.39, 0.29) is 24.7 Å². The van der Waals surface area contributed by atoms with Crippen LogP contribution in [-0.2, 0) is 24.7 Å². The molecule has 0 saturated heterocycles. The lowest BCUT2D eigenvalue weighted by Gasteiger charge is -2.17. The van der Waals surface area contributed by atoms with Crippen LogP contribution >= 0.6 is 11.6 Å². The van der Waals surface area contributed by atoms with E-state index in [1.807, 2.05) is 54.1 Å². The molecule has 1 heterocycles. The number of hydrogen-bond acceptors (Lipinski definition) is 4. The third-order valence-electron chi connectivity index (χ3n) is 6.52. The second-order valence-corrected chi connectivity index (χ2v) is 9.60. The smallest absolute Gasteiger partial charge is 0.305 e. The number of nitrogens with one attached hydrogen (secondary N) is 1. The van der Waals surface area contributed by atoms with Crippen molar-refractivity contribution in [3.63, 3.8) is 0 Å². The molecule has 1 unspecified atom stereocenters. The number of aromatic nitrogens is 1. The molecule has 0 saturated carbocycles. The molecule has 1 aromatic heterocycles. The predicted octanol–water partition coefficient (Wildman–Crippen LogP) is 5.19. The number of aliphatic carboxylic acids is 1. The highest BCUT2D eigenvalue weighted by Gasteiger charge is 2.25. The van der Waals surface area contributed by atoms with Gasteiger partial charge in [0.2, 0.25) is 0 Å². The summed E-state index contributed by atoms with van der Waals surface area (Å²) in [5.74, 6) is -1.73. The molecule has 4 aromatic rings. The van der Waals surface area contributed by atoms with E-state index in [0.29, 0.717) is 34.7 Å². The van der Waals surface area contributed by atoms with Crippen molar-refractivity contribution in [3.8, 4) is 6.07 Å². The third kappa shape index (κ3) is 6.28. The molecular weight excluding hydrogens is 502 g/mol. The summed E-state index contributed by atoms with van der Waals surface area (Å²) in [6.45, 7) is 0.0489. The number of carboxylic acids is 1. The number of benzene rings is 3. The molecule has 0 radical (unpaired) electrons. The molecule has 0 spiro atoms. The van der Waals surface area contributed by atoms with Crippen LogP contribution in [0.1, 0.15) is 44.0 Å². The maximum Gasteiger partial charge on any atom is 0.305 e. The average molecular weight is 528 g/mol. The number of aryl methyl sites for hydroxylation is 1. The summed E-state index contributed by atoms with van der Waals surface area (Å²) in [7, 11) is 1.86. The molecule has 192 valence electrons. The van der Waals surface area contributed by atoms with Gasteiger partial charge in [0.1, 0.15) is 0 Å². The number of fused-ring (bicyclic) bond motifs is 1. The topological polar surface area (TPSA) is 112 Å². The van der Waals surface area contributed by atoms with Gasteiger partial charge in [-0.3, -0.25) is 14.4 Å². The zero-order chi connectivity index (χ0) is 27.2. The van der Waals surface area contributed by atoms with Gasteiger partial charge in [-0.05, 0) is 72.5 Å². The van der Waals surface area contributed by atoms with Crippen molar-refractivity contribution < 1.29 is 19.5 Å². The first-order valence-electron chi connectivity index (χ1n) is 12.1. The van der Waals surface area contributed by atoms with Crippen molar-refractivity contribution in [1.82, 2.24) is 9.88 Å². The molecule has 2 N–H and O–H groups in total. The molecule has 0 fully saturated rings. The van der Waals surface area contributed by atoms with Crippen LogP contribution < -0.4 is 5.32 Å². The van der Waals surface area contributed by atoms with E-state index < -0.39 is 11.9 Å². The highest BCUT2D eigenvalue weighted by atomic mass is 35.5. The molecule has 1 amide bonds. The number of halogens is 1. The van der Waals surface area contributed by atoms with Gasteiger partial charge in [-0.1, -0.05) is 35.9 Å². The summed E-state index contributed by atoms with van der Waals surface area (Å²) >= 11 is 6.17. The second kappa shape index (κ2) is 11.8. The number of amides is 1. The summed E-state index contributed by atoms with van der Waals surface area (Å²) in [6, 6.07) is 23.7. The van der Waals surface area contributed by atoms with Crippen LogP contribution in [0.15, 0.2) is 72.8 Å². The van der Waals surface area contributed by atoms with Gasteiger partial charge in [-0.25, -0.2) is 0 Å². The predicted molar refractivity (Wildman–Crippen MR) is 145 cm³/mol. The fourth-order valence-electron chi connectivity index (χ4n) is 4.49. The van der Waals surface area contributed by atoms with Gasteiger partial charge in [-0.15, -0.1) is 0 Å². The Morgan fingerprint density at radius 2 is 1.61 bits per heavy atom. The molecule has 3 aromatic carbocycles. The van der Waals surface area contributed by atoms with Crippen molar-refractivity contribution in [2.75, 3.05) is 6.54 Å². The summed E-state index contributed by atoms with van der Waals surface area (Å²) in [6.07, 6.45) is 0.773. The summed E-state index contributed by atoms with van der Waals surface area (Å²) in [5.41, 5.74) is 4.29. The van der Waals surface area contributed by atoms with E-state index in [0.717, 1.165) is 22.0 Å². The van der Waals surface area contributed by atoms with Crippen molar-refractivity contribution in [2.24, 2.45) is 13.0 Å². The fourth-order valence-corrected chi connectivity index (χ4v) is 4.67. The first-order valence-corrected chi connectivity index (χ1v) is 12.5. The molecule has 1 atom stereocenters.